The van der Waals surface area contributed by atoms with E-state index in [0.29, 0.717) is 30.6 Å². The van der Waals surface area contributed by atoms with E-state index in [1.807, 2.05) is 30.3 Å². The lowest BCUT2D eigenvalue weighted by molar-refractivity contribution is -0.171. The maximum atomic E-state index is 13.4. The van der Waals surface area contributed by atoms with Crippen molar-refractivity contribution in [3.05, 3.63) is 70.8 Å². The van der Waals surface area contributed by atoms with Crippen molar-refractivity contribution in [2.75, 3.05) is 13.1 Å². The lowest BCUT2D eigenvalue weighted by atomic mass is 9.85. The highest BCUT2D eigenvalue weighted by Gasteiger charge is 2.42. The molecule has 2 aliphatic heterocycles. The zero-order valence-corrected chi connectivity index (χ0v) is 21.3. The van der Waals surface area contributed by atoms with E-state index < -0.39 is 29.6 Å². The average Bonchev–Trinajstić information content (AvgIpc) is 3.18. The molecular formula is C27H29F3N4O4. The molecule has 0 aliphatic carbocycles. The van der Waals surface area contributed by atoms with Crippen molar-refractivity contribution in [2.45, 2.75) is 57.5 Å². The number of ether oxygens (including phenoxy) is 1. The van der Waals surface area contributed by atoms with Gasteiger partial charge in [0.2, 0.25) is 0 Å². The van der Waals surface area contributed by atoms with E-state index >= 15 is 0 Å². The van der Waals surface area contributed by atoms with Crippen molar-refractivity contribution in [1.82, 2.24) is 15.1 Å². The number of alkyl halides is 3. The first-order valence-electron chi connectivity index (χ1n) is 12.2. The Balaban J connectivity index is 1.56. The Kier molecular flexibility index (Phi) is 7.22. The highest BCUT2D eigenvalue weighted by Crippen LogP contribution is 2.36. The van der Waals surface area contributed by atoms with E-state index in [2.05, 4.69) is 0 Å². The van der Waals surface area contributed by atoms with E-state index in [0.717, 1.165) is 5.56 Å². The number of nitrogens with one attached hydrogen (secondary N) is 2. The number of amidine groups is 1. The monoisotopic (exact) mass is 530 g/mol. The molecule has 8 nitrogen and oxygen atoms in total. The average molecular weight is 531 g/mol. The summed E-state index contributed by atoms with van der Waals surface area (Å²) in [7, 11) is 0. The number of hydrogen-bond acceptors (Lipinski definition) is 5. The molecule has 0 radical (unpaired) electrons. The Morgan fingerprint density at radius 1 is 1.08 bits per heavy atom. The molecule has 0 saturated carbocycles. The molecule has 11 heteroatoms. The number of rotatable bonds is 3. The highest BCUT2D eigenvalue weighted by atomic mass is 19.4. The lowest BCUT2D eigenvalue weighted by Gasteiger charge is -2.43. The number of likely N-dealkylation sites (tertiary alicyclic amines) is 1. The number of hydrogen-bond donors (Lipinski definition) is 2. The van der Waals surface area contributed by atoms with E-state index in [-0.39, 0.29) is 30.0 Å². The number of piperidine rings is 1. The standard InChI is InChI=1S/C27H29F3N4O4/c1-26(2,3)38-25(37)33-12-11-21(20(15-33)16-7-5-4-6-8-16)34-14-18-13-17(9-10-19(18)23(34)35)22(31)32-24(36)27(28,29)30/h4-10,13,20-21H,11-12,14-15H2,1-3H3,(H2,31,32,36). The summed E-state index contributed by atoms with van der Waals surface area (Å²) in [5.41, 5.74) is 1.33. The molecule has 1 saturated heterocycles. The van der Waals surface area contributed by atoms with Crippen molar-refractivity contribution in [1.29, 1.82) is 5.41 Å². The van der Waals surface area contributed by atoms with Gasteiger partial charge in [-0.25, -0.2) is 4.79 Å². The molecule has 2 aromatic carbocycles. The van der Waals surface area contributed by atoms with Gasteiger partial charge in [0.15, 0.2) is 0 Å². The molecule has 0 aromatic heterocycles. The van der Waals surface area contributed by atoms with Crippen molar-refractivity contribution in [3.63, 3.8) is 0 Å². The number of carbonyl (C=O) groups is 3. The van der Waals surface area contributed by atoms with Crippen LogP contribution in [-0.4, -0.2) is 64.5 Å². The van der Waals surface area contributed by atoms with Crippen LogP contribution in [-0.2, 0) is 16.1 Å². The van der Waals surface area contributed by atoms with Gasteiger partial charge in [-0.15, -0.1) is 0 Å². The predicted molar refractivity (Wildman–Crippen MR) is 133 cm³/mol. The Labute approximate surface area is 218 Å². The fraction of sp³-hybridized carbons (Fsp3) is 0.407. The molecule has 2 unspecified atom stereocenters. The fourth-order valence-corrected chi connectivity index (χ4v) is 4.86. The van der Waals surface area contributed by atoms with Crippen molar-refractivity contribution >= 4 is 23.7 Å². The highest BCUT2D eigenvalue weighted by molar-refractivity contribution is 6.08. The normalized spacial score (nSPS) is 19.7. The minimum Gasteiger partial charge on any atom is -0.444 e. The Hall–Kier alpha value is -3.89. The predicted octanol–water partition coefficient (Wildman–Crippen LogP) is 4.44. The van der Waals surface area contributed by atoms with Crippen LogP contribution >= 0.6 is 0 Å². The number of nitrogens with zero attached hydrogens (tertiary/aromatic N) is 2. The van der Waals surface area contributed by atoms with Crippen LogP contribution in [0, 0.1) is 5.41 Å². The minimum absolute atomic E-state index is 0.0651. The number of amides is 3. The van der Waals surface area contributed by atoms with Crippen LogP contribution in [0.15, 0.2) is 48.5 Å². The van der Waals surface area contributed by atoms with Gasteiger partial charge in [0, 0.05) is 42.7 Å². The summed E-state index contributed by atoms with van der Waals surface area (Å²) in [6, 6.07) is 13.6. The van der Waals surface area contributed by atoms with Crippen LogP contribution in [0.5, 0.6) is 0 Å². The Bertz CT molecular complexity index is 1260. The van der Waals surface area contributed by atoms with Crippen LogP contribution in [0.4, 0.5) is 18.0 Å². The molecule has 4 rings (SSSR count). The molecule has 2 N–H and O–H groups in total. The zero-order chi connectivity index (χ0) is 27.8. The van der Waals surface area contributed by atoms with E-state index in [1.54, 1.807) is 35.9 Å². The second-order valence-corrected chi connectivity index (χ2v) is 10.4. The van der Waals surface area contributed by atoms with Gasteiger partial charge < -0.3 is 19.9 Å². The SMILES string of the molecule is CC(C)(C)OC(=O)N1CCC(N2Cc3cc(C(=N)NC(=O)C(F)(F)F)ccc3C2=O)C(c2ccccc2)C1. The van der Waals surface area contributed by atoms with Gasteiger partial charge in [-0.05, 0) is 50.5 Å². The molecule has 0 spiro atoms. The van der Waals surface area contributed by atoms with E-state index in [4.69, 9.17) is 10.1 Å². The van der Waals surface area contributed by atoms with Crippen molar-refractivity contribution < 1.29 is 32.3 Å². The summed E-state index contributed by atoms with van der Waals surface area (Å²) in [5, 5.41) is 9.43. The summed E-state index contributed by atoms with van der Waals surface area (Å²) >= 11 is 0. The molecule has 38 heavy (non-hydrogen) atoms. The quantitative estimate of drug-likeness (QED) is 0.453. The second-order valence-electron chi connectivity index (χ2n) is 10.4. The summed E-state index contributed by atoms with van der Waals surface area (Å²) in [6.45, 7) is 6.34. The summed E-state index contributed by atoms with van der Waals surface area (Å²) in [6.07, 6.45) is -5.03. The maximum Gasteiger partial charge on any atom is 0.471 e. The van der Waals surface area contributed by atoms with Crippen LogP contribution < -0.4 is 5.32 Å². The Morgan fingerprint density at radius 2 is 1.76 bits per heavy atom. The van der Waals surface area contributed by atoms with E-state index in [1.165, 1.54) is 18.2 Å². The topological polar surface area (TPSA) is 103 Å². The number of benzene rings is 2. The third kappa shape index (κ3) is 5.81. The third-order valence-corrected chi connectivity index (χ3v) is 6.58. The van der Waals surface area contributed by atoms with Gasteiger partial charge in [-0.1, -0.05) is 36.4 Å². The van der Waals surface area contributed by atoms with Crippen LogP contribution in [0.25, 0.3) is 0 Å². The number of halogens is 3. The van der Waals surface area contributed by atoms with Crippen molar-refractivity contribution in [2.24, 2.45) is 0 Å². The molecule has 1 fully saturated rings. The summed E-state index contributed by atoms with van der Waals surface area (Å²) < 4.78 is 43.4. The fourth-order valence-electron chi connectivity index (χ4n) is 4.86. The molecule has 3 amide bonds. The first-order chi connectivity index (χ1) is 17.7. The number of carbonyl (C=O) groups excluding carboxylic acids is 3. The van der Waals surface area contributed by atoms with Crippen molar-refractivity contribution in [3.8, 4) is 0 Å². The third-order valence-electron chi connectivity index (χ3n) is 6.58. The van der Waals surface area contributed by atoms with Gasteiger partial charge >= 0.3 is 18.2 Å². The summed E-state index contributed by atoms with van der Waals surface area (Å²) in [5.74, 6) is -3.36. The molecule has 202 valence electrons. The molecular weight excluding hydrogens is 501 g/mol. The van der Waals surface area contributed by atoms with Crippen LogP contribution in [0.3, 0.4) is 0 Å². The lowest BCUT2D eigenvalue weighted by Crippen LogP contribution is -2.52. The molecule has 0 bridgehead atoms. The van der Waals surface area contributed by atoms with Gasteiger partial charge in [-0.3, -0.25) is 15.0 Å². The molecule has 2 atom stereocenters. The Morgan fingerprint density at radius 3 is 2.39 bits per heavy atom. The van der Waals surface area contributed by atoms with Gasteiger partial charge in [-0.2, -0.15) is 13.2 Å². The molecule has 2 aromatic rings. The van der Waals surface area contributed by atoms with E-state index in [9.17, 15) is 27.6 Å². The largest absolute Gasteiger partial charge is 0.471 e. The second kappa shape index (κ2) is 10.1. The first kappa shape index (κ1) is 27.2. The van der Waals surface area contributed by atoms with Gasteiger partial charge in [0.05, 0.1) is 0 Å². The smallest absolute Gasteiger partial charge is 0.444 e. The van der Waals surface area contributed by atoms with Gasteiger partial charge in [0.1, 0.15) is 11.4 Å². The first-order valence-corrected chi connectivity index (χ1v) is 12.2. The molecule has 2 aliphatic rings. The maximum absolute atomic E-state index is 13.4. The zero-order valence-electron chi connectivity index (χ0n) is 21.3. The minimum atomic E-state index is -5.11. The van der Waals surface area contributed by atoms with Gasteiger partial charge in [0.25, 0.3) is 5.91 Å². The summed E-state index contributed by atoms with van der Waals surface area (Å²) in [4.78, 5) is 40.8. The molecule has 2 heterocycles. The number of fused-ring (bicyclic) bond motifs is 1. The van der Waals surface area contributed by atoms with Crippen LogP contribution in [0.1, 0.15) is 60.2 Å². The van der Waals surface area contributed by atoms with Crippen LogP contribution in [0.2, 0.25) is 0 Å².